The molecular weight excluding hydrogens is 294 g/mol. The summed E-state index contributed by atoms with van der Waals surface area (Å²) in [5, 5.41) is 3.00. The van der Waals surface area contributed by atoms with Gasteiger partial charge in [0.2, 0.25) is 0 Å². The molecule has 0 fully saturated rings. The molecule has 0 unspecified atom stereocenters. The van der Waals surface area contributed by atoms with Gasteiger partial charge in [-0.05, 0) is 11.1 Å². The predicted molar refractivity (Wildman–Crippen MR) is 92.0 cm³/mol. The van der Waals surface area contributed by atoms with Gasteiger partial charge in [0.15, 0.2) is 11.1 Å². The summed E-state index contributed by atoms with van der Waals surface area (Å²) in [5.74, 6) is 0. The molecule has 118 valence electrons. The van der Waals surface area contributed by atoms with Gasteiger partial charge >= 0.3 is 0 Å². The lowest BCUT2D eigenvalue weighted by Gasteiger charge is -2.17. The summed E-state index contributed by atoms with van der Waals surface area (Å²) in [6.45, 7) is 5.28. The standard InChI is InChI=1S/C18H23NO2S/c1-15(2)19-13-14-21-22(20)18(16-9-5-3-6-10-16)17-11-7-4-8-12-17/h3-12,15,18-19H,13-14H2,1-2H3/t22-/m1/s1. The molecule has 2 aromatic rings. The zero-order valence-corrected chi connectivity index (χ0v) is 13.9. The van der Waals surface area contributed by atoms with Crippen LogP contribution in [0.5, 0.6) is 0 Å². The highest BCUT2D eigenvalue weighted by Crippen LogP contribution is 2.28. The minimum atomic E-state index is -1.41. The van der Waals surface area contributed by atoms with Crippen molar-refractivity contribution >= 4 is 11.1 Å². The van der Waals surface area contributed by atoms with E-state index in [9.17, 15) is 4.21 Å². The lowest BCUT2D eigenvalue weighted by molar-refractivity contribution is 0.333. The Morgan fingerprint density at radius 2 is 1.45 bits per heavy atom. The number of nitrogens with one attached hydrogen (secondary N) is 1. The SMILES string of the molecule is CC(C)NCCO[S@@](=O)C(c1ccccc1)c1ccccc1. The summed E-state index contributed by atoms with van der Waals surface area (Å²) >= 11 is -1.41. The first-order valence-electron chi connectivity index (χ1n) is 7.55. The molecule has 0 saturated heterocycles. The molecule has 1 atom stereocenters. The topological polar surface area (TPSA) is 38.3 Å². The molecule has 4 heteroatoms. The summed E-state index contributed by atoms with van der Waals surface area (Å²) < 4.78 is 18.2. The molecule has 0 aliphatic carbocycles. The van der Waals surface area contributed by atoms with Crippen molar-refractivity contribution in [2.24, 2.45) is 0 Å². The van der Waals surface area contributed by atoms with Crippen molar-refractivity contribution in [3.8, 4) is 0 Å². The van der Waals surface area contributed by atoms with Crippen molar-refractivity contribution in [1.29, 1.82) is 0 Å². The van der Waals surface area contributed by atoms with Crippen LogP contribution in [0.4, 0.5) is 0 Å². The second kappa shape index (κ2) is 8.83. The van der Waals surface area contributed by atoms with E-state index in [4.69, 9.17) is 4.18 Å². The van der Waals surface area contributed by atoms with Crippen LogP contribution in [0.3, 0.4) is 0 Å². The van der Waals surface area contributed by atoms with E-state index < -0.39 is 11.1 Å². The molecule has 0 radical (unpaired) electrons. The first-order valence-corrected chi connectivity index (χ1v) is 8.69. The van der Waals surface area contributed by atoms with Gasteiger partial charge in [0, 0.05) is 12.6 Å². The molecule has 2 rings (SSSR count). The van der Waals surface area contributed by atoms with E-state index in [1.54, 1.807) is 0 Å². The highest BCUT2D eigenvalue weighted by atomic mass is 32.2. The van der Waals surface area contributed by atoms with Gasteiger partial charge in [0.05, 0.1) is 6.61 Å². The van der Waals surface area contributed by atoms with Gasteiger partial charge in [-0.3, -0.25) is 4.18 Å². The van der Waals surface area contributed by atoms with E-state index in [-0.39, 0.29) is 5.25 Å². The minimum Gasteiger partial charge on any atom is -0.312 e. The van der Waals surface area contributed by atoms with Crippen molar-refractivity contribution < 1.29 is 8.39 Å². The molecule has 0 aromatic heterocycles. The van der Waals surface area contributed by atoms with Crippen LogP contribution < -0.4 is 5.32 Å². The van der Waals surface area contributed by atoms with Crippen LogP contribution in [0.25, 0.3) is 0 Å². The van der Waals surface area contributed by atoms with Crippen molar-refractivity contribution in [2.45, 2.75) is 25.1 Å². The molecule has 0 heterocycles. The fraction of sp³-hybridized carbons (Fsp3) is 0.333. The Hall–Kier alpha value is -1.49. The van der Waals surface area contributed by atoms with E-state index in [0.717, 1.165) is 11.1 Å². The second-order valence-electron chi connectivity index (χ2n) is 5.39. The third-order valence-electron chi connectivity index (χ3n) is 3.25. The summed E-state index contributed by atoms with van der Waals surface area (Å²) in [5.41, 5.74) is 2.01. The molecule has 0 aliphatic rings. The quantitative estimate of drug-likeness (QED) is 0.758. The Bertz CT molecular complexity index is 533. The smallest absolute Gasteiger partial charge is 0.167 e. The van der Waals surface area contributed by atoms with Crippen molar-refractivity contribution in [2.75, 3.05) is 13.2 Å². The normalized spacial score (nSPS) is 12.7. The van der Waals surface area contributed by atoms with E-state index >= 15 is 0 Å². The molecule has 0 amide bonds. The Labute approximate surface area is 135 Å². The van der Waals surface area contributed by atoms with Crippen LogP contribution in [0.1, 0.15) is 30.2 Å². The first-order chi connectivity index (χ1) is 10.7. The van der Waals surface area contributed by atoms with Gasteiger partial charge in [0.25, 0.3) is 0 Å². The van der Waals surface area contributed by atoms with Gasteiger partial charge < -0.3 is 5.32 Å². The highest BCUT2D eigenvalue weighted by Gasteiger charge is 2.22. The van der Waals surface area contributed by atoms with Crippen LogP contribution in [-0.4, -0.2) is 23.4 Å². The summed E-state index contributed by atoms with van der Waals surface area (Å²) in [4.78, 5) is 0. The molecule has 0 spiro atoms. The highest BCUT2D eigenvalue weighted by molar-refractivity contribution is 7.80. The van der Waals surface area contributed by atoms with Crippen LogP contribution in [0.2, 0.25) is 0 Å². The van der Waals surface area contributed by atoms with Gasteiger partial charge in [-0.2, -0.15) is 0 Å². The minimum absolute atomic E-state index is 0.263. The Morgan fingerprint density at radius 1 is 0.955 bits per heavy atom. The van der Waals surface area contributed by atoms with Crippen LogP contribution in [-0.2, 0) is 15.3 Å². The van der Waals surface area contributed by atoms with Crippen LogP contribution in [0, 0.1) is 0 Å². The summed E-state index contributed by atoms with van der Waals surface area (Å²) in [6, 6.07) is 20.1. The fourth-order valence-electron chi connectivity index (χ4n) is 2.21. The fourth-order valence-corrected chi connectivity index (χ4v) is 3.35. The average molecular weight is 317 g/mol. The van der Waals surface area contributed by atoms with Gasteiger partial charge in [-0.1, -0.05) is 74.5 Å². The third kappa shape index (κ3) is 5.05. The van der Waals surface area contributed by atoms with Crippen molar-refractivity contribution in [3.05, 3.63) is 71.8 Å². The zero-order chi connectivity index (χ0) is 15.8. The number of benzene rings is 2. The average Bonchev–Trinajstić information content (AvgIpc) is 2.54. The molecular formula is C18H23NO2S. The number of rotatable bonds is 8. The van der Waals surface area contributed by atoms with E-state index in [1.165, 1.54) is 0 Å². The number of hydrogen-bond donors (Lipinski definition) is 1. The maximum absolute atomic E-state index is 12.6. The molecule has 22 heavy (non-hydrogen) atoms. The van der Waals surface area contributed by atoms with Crippen molar-refractivity contribution in [1.82, 2.24) is 5.32 Å². The lowest BCUT2D eigenvalue weighted by atomic mass is 10.0. The maximum atomic E-state index is 12.6. The first kappa shape index (κ1) is 16.9. The molecule has 0 saturated carbocycles. The zero-order valence-electron chi connectivity index (χ0n) is 13.1. The van der Waals surface area contributed by atoms with Gasteiger partial charge in [0.1, 0.15) is 5.25 Å². The van der Waals surface area contributed by atoms with Crippen LogP contribution >= 0.6 is 0 Å². The number of hydrogen-bond acceptors (Lipinski definition) is 3. The van der Waals surface area contributed by atoms with Crippen molar-refractivity contribution in [3.63, 3.8) is 0 Å². The lowest BCUT2D eigenvalue weighted by Crippen LogP contribution is -2.27. The maximum Gasteiger partial charge on any atom is 0.167 e. The monoisotopic (exact) mass is 317 g/mol. The predicted octanol–water partition coefficient (Wildman–Crippen LogP) is 3.45. The Balaban J connectivity index is 2.10. The summed E-state index contributed by atoms with van der Waals surface area (Å²) in [7, 11) is 0. The van der Waals surface area contributed by atoms with Crippen LogP contribution in [0.15, 0.2) is 60.7 Å². The van der Waals surface area contributed by atoms with E-state index in [1.807, 2.05) is 60.7 Å². The van der Waals surface area contributed by atoms with Gasteiger partial charge in [-0.15, -0.1) is 0 Å². The van der Waals surface area contributed by atoms with E-state index in [0.29, 0.717) is 19.2 Å². The van der Waals surface area contributed by atoms with E-state index in [2.05, 4.69) is 19.2 Å². The Morgan fingerprint density at radius 3 is 1.91 bits per heavy atom. The summed E-state index contributed by atoms with van der Waals surface area (Å²) in [6.07, 6.45) is 0. The molecule has 3 nitrogen and oxygen atoms in total. The third-order valence-corrected chi connectivity index (χ3v) is 4.58. The molecule has 0 bridgehead atoms. The molecule has 1 N–H and O–H groups in total. The molecule has 0 aliphatic heterocycles. The largest absolute Gasteiger partial charge is 0.312 e. The second-order valence-corrected chi connectivity index (χ2v) is 6.62. The van der Waals surface area contributed by atoms with Gasteiger partial charge in [-0.25, -0.2) is 4.21 Å². The molecule has 2 aromatic carbocycles. The Kier molecular flexibility index (Phi) is 6.77.